The molecule has 56 heavy (non-hydrogen) atoms. The number of hydrogen-bond acceptors (Lipinski definition) is 8. The summed E-state index contributed by atoms with van der Waals surface area (Å²) >= 11 is 0. The van der Waals surface area contributed by atoms with E-state index in [1.165, 1.54) is 77.0 Å². The van der Waals surface area contributed by atoms with E-state index >= 15 is 0 Å². The molecule has 2 saturated carbocycles. The highest BCUT2D eigenvalue weighted by Gasteiger charge is 2.41. The van der Waals surface area contributed by atoms with Gasteiger partial charge in [0.25, 0.3) is 0 Å². The Labute approximate surface area is 342 Å². The van der Waals surface area contributed by atoms with Gasteiger partial charge in [0.15, 0.2) is 0 Å². The summed E-state index contributed by atoms with van der Waals surface area (Å²) in [4.78, 5) is 44.4. The molecule has 0 spiro atoms. The van der Waals surface area contributed by atoms with E-state index in [9.17, 15) is 14.4 Å². The lowest BCUT2D eigenvalue weighted by Crippen LogP contribution is -2.48. The van der Waals surface area contributed by atoms with Crippen LogP contribution in [0, 0.1) is 41.4 Å². The van der Waals surface area contributed by atoms with Gasteiger partial charge in [0.1, 0.15) is 19.8 Å². The number of carbonyl (C=O) groups excluding carboxylic acids is 3. The van der Waals surface area contributed by atoms with E-state index in [0.29, 0.717) is 36.6 Å². The molecular formula is C48H82N2O6. The number of piperidine rings is 2. The van der Waals surface area contributed by atoms with E-state index in [4.69, 9.17) is 14.2 Å². The fraction of sp³-hybridized carbons (Fsp3) is 0.854. The van der Waals surface area contributed by atoms with Crippen LogP contribution in [0.4, 0.5) is 0 Å². The van der Waals surface area contributed by atoms with Crippen LogP contribution in [0.5, 0.6) is 0 Å². The summed E-state index contributed by atoms with van der Waals surface area (Å²) in [6.45, 7) is 14.7. The average molecular weight is 783 g/mol. The number of fused-ring (bicyclic) bond motifs is 2. The molecule has 6 atom stereocenters. The second kappa shape index (κ2) is 26.7. The lowest BCUT2D eigenvalue weighted by atomic mass is 9.59. The van der Waals surface area contributed by atoms with Crippen molar-refractivity contribution < 1.29 is 28.6 Å². The molecule has 320 valence electrons. The zero-order chi connectivity index (χ0) is 40.0. The van der Waals surface area contributed by atoms with Crippen molar-refractivity contribution in [1.29, 1.82) is 0 Å². The Morgan fingerprint density at radius 3 is 2.02 bits per heavy atom. The number of hydrogen-bond donors (Lipinski definition) is 0. The number of rotatable bonds is 25. The van der Waals surface area contributed by atoms with Crippen molar-refractivity contribution in [3.05, 3.63) is 24.3 Å². The van der Waals surface area contributed by atoms with Gasteiger partial charge in [-0.2, -0.15) is 0 Å². The van der Waals surface area contributed by atoms with Crippen LogP contribution in [0.2, 0.25) is 0 Å². The molecule has 8 nitrogen and oxygen atoms in total. The Balaban J connectivity index is 1.15. The molecule has 0 aromatic rings. The standard InChI is InChI=1S/C48H82N2O6/c1-5-7-8-9-10-11-12-13-14-15-16-17-18-19-20-21-46(51)54-35-41(36-55-47(52)34-45-39(4)32-40-30-38(3)31-43(45)33-40)37-56-48(53)42-22-28-50(29-23-42)44-24-26-49(6-2)27-25-44/h10-11,13-14,38-45H,5-9,12,15-37H2,1-4H3/b11-10-,14-13-. The van der Waals surface area contributed by atoms with Gasteiger partial charge in [-0.05, 0) is 152 Å². The third kappa shape index (κ3) is 17.3. The first-order chi connectivity index (χ1) is 27.2. The summed E-state index contributed by atoms with van der Waals surface area (Å²) in [5.41, 5.74) is 0. The van der Waals surface area contributed by atoms with E-state index in [2.05, 4.69) is 61.8 Å². The van der Waals surface area contributed by atoms with Crippen molar-refractivity contribution in [2.24, 2.45) is 41.4 Å². The highest BCUT2D eigenvalue weighted by molar-refractivity contribution is 5.72. The molecule has 2 heterocycles. The third-order valence-corrected chi connectivity index (χ3v) is 13.7. The Morgan fingerprint density at radius 2 is 1.32 bits per heavy atom. The number of nitrogens with zero attached hydrogens (tertiary/aromatic N) is 2. The van der Waals surface area contributed by atoms with E-state index in [1.54, 1.807) is 0 Å². The normalized spacial score (nSPS) is 26.1. The van der Waals surface area contributed by atoms with Gasteiger partial charge in [-0.15, -0.1) is 0 Å². The minimum absolute atomic E-state index is 0.0935. The van der Waals surface area contributed by atoms with Crippen LogP contribution in [0.25, 0.3) is 0 Å². The van der Waals surface area contributed by atoms with Crippen LogP contribution in [0.15, 0.2) is 24.3 Å². The molecule has 8 heteroatoms. The monoisotopic (exact) mass is 783 g/mol. The number of allylic oxidation sites excluding steroid dienone is 4. The highest BCUT2D eigenvalue weighted by atomic mass is 16.6. The maximum Gasteiger partial charge on any atom is 0.309 e. The maximum atomic E-state index is 13.3. The molecule has 0 N–H and O–H groups in total. The second-order valence-corrected chi connectivity index (χ2v) is 18.3. The molecular weight excluding hydrogens is 701 g/mol. The number of esters is 3. The zero-order valence-electron chi connectivity index (χ0n) is 36.3. The Bertz CT molecular complexity index is 1170. The van der Waals surface area contributed by atoms with Gasteiger partial charge in [-0.25, -0.2) is 0 Å². The molecule has 0 aromatic carbocycles. The van der Waals surface area contributed by atoms with E-state index < -0.39 is 0 Å². The molecule has 0 aromatic heterocycles. The van der Waals surface area contributed by atoms with Crippen LogP contribution >= 0.6 is 0 Å². The van der Waals surface area contributed by atoms with Crippen LogP contribution in [-0.2, 0) is 28.6 Å². The van der Waals surface area contributed by atoms with Gasteiger partial charge in [-0.1, -0.05) is 84.1 Å². The highest BCUT2D eigenvalue weighted by Crippen LogP contribution is 2.49. The van der Waals surface area contributed by atoms with Crippen LogP contribution < -0.4 is 0 Å². The maximum absolute atomic E-state index is 13.3. The first-order valence-electron chi connectivity index (χ1n) is 23.5. The molecule has 2 aliphatic heterocycles. The van der Waals surface area contributed by atoms with E-state index in [-0.39, 0.29) is 49.6 Å². The van der Waals surface area contributed by atoms with Crippen molar-refractivity contribution in [2.75, 3.05) is 52.5 Å². The summed E-state index contributed by atoms with van der Waals surface area (Å²) in [6, 6.07) is 0.618. The summed E-state index contributed by atoms with van der Waals surface area (Å²) in [7, 11) is 0. The lowest BCUT2D eigenvalue weighted by molar-refractivity contribution is -0.157. The van der Waals surface area contributed by atoms with Gasteiger partial charge in [0.05, 0.1) is 11.8 Å². The molecule has 4 rings (SSSR count). The molecule has 2 bridgehead atoms. The zero-order valence-corrected chi connectivity index (χ0v) is 36.3. The second-order valence-electron chi connectivity index (χ2n) is 18.3. The molecule has 4 aliphatic rings. The van der Waals surface area contributed by atoms with Gasteiger partial charge in [0, 0.05) is 18.9 Å². The summed E-state index contributed by atoms with van der Waals surface area (Å²) in [6.07, 6.45) is 31.5. The lowest BCUT2D eigenvalue weighted by Gasteiger charge is -2.46. The Morgan fingerprint density at radius 1 is 0.679 bits per heavy atom. The molecule has 6 unspecified atom stereocenters. The third-order valence-electron chi connectivity index (χ3n) is 13.7. The van der Waals surface area contributed by atoms with E-state index in [0.717, 1.165) is 89.5 Å². The van der Waals surface area contributed by atoms with Crippen molar-refractivity contribution in [3.8, 4) is 0 Å². The SMILES string of the molecule is CCCCC/C=C\C/C=C\CCCCCCCC(=O)OCC(COC(=O)CC1C(C)CC2CC(C)CC1C2)COC(=O)C1CCN(C2CCN(CC)CC2)CC1. The van der Waals surface area contributed by atoms with Crippen molar-refractivity contribution >= 4 is 17.9 Å². The van der Waals surface area contributed by atoms with Crippen LogP contribution in [0.3, 0.4) is 0 Å². The molecule has 2 aliphatic carbocycles. The topological polar surface area (TPSA) is 85.4 Å². The van der Waals surface area contributed by atoms with Gasteiger partial charge in [0.2, 0.25) is 0 Å². The molecule has 0 radical (unpaired) electrons. The van der Waals surface area contributed by atoms with Gasteiger partial charge in [-0.3, -0.25) is 14.4 Å². The smallest absolute Gasteiger partial charge is 0.309 e. The predicted octanol–water partition coefficient (Wildman–Crippen LogP) is 10.3. The summed E-state index contributed by atoms with van der Waals surface area (Å²) in [5.74, 6) is 1.97. The first-order valence-corrected chi connectivity index (χ1v) is 23.5. The molecule has 4 fully saturated rings. The average Bonchev–Trinajstić information content (AvgIpc) is 3.20. The van der Waals surface area contributed by atoms with Crippen molar-refractivity contribution in [1.82, 2.24) is 9.80 Å². The van der Waals surface area contributed by atoms with E-state index in [1.807, 2.05) is 0 Å². The number of carbonyl (C=O) groups is 3. The predicted molar refractivity (Wildman–Crippen MR) is 227 cm³/mol. The number of unbranched alkanes of at least 4 members (excludes halogenated alkanes) is 8. The van der Waals surface area contributed by atoms with Crippen molar-refractivity contribution in [2.45, 2.75) is 169 Å². The minimum atomic E-state index is -0.372. The Hall–Kier alpha value is -2.19. The molecule has 0 amide bonds. The fourth-order valence-corrected chi connectivity index (χ4v) is 10.3. The minimum Gasteiger partial charge on any atom is -0.465 e. The van der Waals surface area contributed by atoms with Crippen LogP contribution in [-0.4, -0.2) is 86.3 Å². The summed E-state index contributed by atoms with van der Waals surface area (Å²) < 4.78 is 17.5. The number of likely N-dealkylation sites (tertiary alicyclic amines) is 2. The van der Waals surface area contributed by atoms with Gasteiger partial charge < -0.3 is 24.0 Å². The van der Waals surface area contributed by atoms with Gasteiger partial charge >= 0.3 is 17.9 Å². The first kappa shape index (κ1) is 46.5. The quantitative estimate of drug-likeness (QED) is 0.0392. The fourth-order valence-electron chi connectivity index (χ4n) is 10.3. The number of ether oxygens (including phenoxy) is 3. The summed E-state index contributed by atoms with van der Waals surface area (Å²) in [5, 5.41) is 0. The van der Waals surface area contributed by atoms with Crippen LogP contribution in [0.1, 0.15) is 163 Å². The largest absolute Gasteiger partial charge is 0.465 e. The van der Waals surface area contributed by atoms with Crippen molar-refractivity contribution in [3.63, 3.8) is 0 Å². The Kier molecular flexibility index (Phi) is 22.2. The molecule has 2 saturated heterocycles.